The van der Waals surface area contributed by atoms with Gasteiger partial charge >= 0.3 is 6.18 Å². The van der Waals surface area contributed by atoms with E-state index in [0.29, 0.717) is 44.6 Å². The number of anilines is 1. The van der Waals surface area contributed by atoms with Crippen LogP contribution >= 0.6 is 0 Å². The van der Waals surface area contributed by atoms with Gasteiger partial charge in [-0.1, -0.05) is 12.8 Å². The monoisotopic (exact) mass is 425 g/mol. The van der Waals surface area contributed by atoms with E-state index >= 15 is 0 Å². The average molecular weight is 425 g/mol. The van der Waals surface area contributed by atoms with Gasteiger partial charge in [0.15, 0.2) is 0 Å². The Balaban J connectivity index is 1.20. The molecule has 4 rings (SSSR count). The summed E-state index contributed by atoms with van der Waals surface area (Å²) in [5.74, 6) is 0.735. The molecule has 166 valence electrons. The van der Waals surface area contributed by atoms with E-state index in [2.05, 4.69) is 14.8 Å². The smallest absolute Gasteiger partial charge is 0.354 e. The molecule has 2 saturated heterocycles. The number of aromatic nitrogens is 1. The van der Waals surface area contributed by atoms with E-state index < -0.39 is 11.7 Å². The standard InChI is InChI=1S/C21H30F3N5O/c22-21(23,24)17-5-6-19(25-15-17)28-9-7-26(8-10-28)16-20(30)29-13-11-27(12-14-29)18-3-1-2-4-18/h5-6,15,18H,1-4,7-14,16H2. The van der Waals surface area contributed by atoms with Crippen LogP contribution in [0.3, 0.4) is 0 Å². The van der Waals surface area contributed by atoms with Crippen molar-refractivity contribution in [3.05, 3.63) is 23.9 Å². The summed E-state index contributed by atoms with van der Waals surface area (Å²) in [6.45, 7) is 6.70. The highest BCUT2D eigenvalue weighted by atomic mass is 19.4. The van der Waals surface area contributed by atoms with Crippen LogP contribution in [0.2, 0.25) is 0 Å². The number of pyridine rings is 1. The first-order valence-corrected chi connectivity index (χ1v) is 10.9. The van der Waals surface area contributed by atoms with E-state index in [-0.39, 0.29) is 5.91 Å². The van der Waals surface area contributed by atoms with Crippen LogP contribution in [0, 0.1) is 0 Å². The van der Waals surface area contributed by atoms with E-state index in [1.807, 2.05) is 9.80 Å². The lowest BCUT2D eigenvalue weighted by molar-refractivity contribution is -0.138. The van der Waals surface area contributed by atoms with Crippen LogP contribution in [0.4, 0.5) is 19.0 Å². The number of nitrogens with zero attached hydrogens (tertiary/aromatic N) is 5. The van der Waals surface area contributed by atoms with E-state index in [0.717, 1.165) is 38.4 Å². The fraction of sp³-hybridized carbons (Fsp3) is 0.714. The number of rotatable bonds is 4. The van der Waals surface area contributed by atoms with Crippen molar-refractivity contribution < 1.29 is 18.0 Å². The predicted molar refractivity (Wildman–Crippen MR) is 108 cm³/mol. The van der Waals surface area contributed by atoms with Gasteiger partial charge in [0.2, 0.25) is 5.91 Å². The second-order valence-electron chi connectivity index (χ2n) is 8.52. The summed E-state index contributed by atoms with van der Waals surface area (Å²) in [6, 6.07) is 3.21. The number of hydrogen-bond donors (Lipinski definition) is 0. The number of piperazine rings is 2. The molecular formula is C21H30F3N5O. The molecule has 3 heterocycles. The zero-order chi connectivity index (χ0) is 21.1. The Labute approximate surface area is 175 Å². The van der Waals surface area contributed by atoms with Crippen molar-refractivity contribution in [3.63, 3.8) is 0 Å². The molecule has 9 heteroatoms. The Hall–Kier alpha value is -1.87. The summed E-state index contributed by atoms with van der Waals surface area (Å²) < 4.78 is 38.1. The van der Waals surface area contributed by atoms with E-state index in [1.165, 1.54) is 31.7 Å². The maximum Gasteiger partial charge on any atom is 0.417 e. The predicted octanol–water partition coefficient (Wildman–Crippen LogP) is 2.31. The third-order valence-electron chi connectivity index (χ3n) is 6.64. The number of halogens is 3. The summed E-state index contributed by atoms with van der Waals surface area (Å²) in [4.78, 5) is 25.3. The molecule has 1 aromatic heterocycles. The molecule has 0 aromatic carbocycles. The minimum absolute atomic E-state index is 0.183. The molecule has 0 radical (unpaired) electrons. The molecule has 6 nitrogen and oxygen atoms in total. The Kier molecular flexibility index (Phi) is 6.48. The van der Waals surface area contributed by atoms with Crippen LogP contribution in [0.5, 0.6) is 0 Å². The number of alkyl halides is 3. The fourth-order valence-electron chi connectivity index (χ4n) is 4.77. The van der Waals surface area contributed by atoms with Gasteiger partial charge < -0.3 is 9.80 Å². The van der Waals surface area contributed by atoms with Crippen LogP contribution in [-0.4, -0.2) is 90.5 Å². The van der Waals surface area contributed by atoms with Crippen LogP contribution < -0.4 is 4.90 Å². The zero-order valence-electron chi connectivity index (χ0n) is 17.3. The molecule has 0 N–H and O–H groups in total. The van der Waals surface area contributed by atoms with Gasteiger partial charge in [-0.3, -0.25) is 14.6 Å². The topological polar surface area (TPSA) is 42.9 Å². The molecule has 1 aliphatic carbocycles. The Bertz CT molecular complexity index is 704. The van der Waals surface area contributed by atoms with Gasteiger partial charge in [-0.15, -0.1) is 0 Å². The van der Waals surface area contributed by atoms with E-state index in [9.17, 15) is 18.0 Å². The average Bonchev–Trinajstić information content (AvgIpc) is 3.29. The van der Waals surface area contributed by atoms with Gasteiger partial charge in [0, 0.05) is 64.6 Å². The highest BCUT2D eigenvalue weighted by molar-refractivity contribution is 5.78. The highest BCUT2D eigenvalue weighted by Crippen LogP contribution is 2.29. The van der Waals surface area contributed by atoms with Gasteiger partial charge in [0.05, 0.1) is 12.1 Å². The second-order valence-corrected chi connectivity index (χ2v) is 8.52. The number of carbonyl (C=O) groups excluding carboxylic acids is 1. The van der Waals surface area contributed by atoms with Crippen molar-refractivity contribution in [3.8, 4) is 0 Å². The molecule has 0 unspecified atom stereocenters. The summed E-state index contributed by atoms with van der Waals surface area (Å²) in [6.07, 6.45) is 1.78. The van der Waals surface area contributed by atoms with Crippen molar-refractivity contribution in [2.45, 2.75) is 37.9 Å². The highest BCUT2D eigenvalue weighted by Gasteiger charge is 2.31. The molecule has 2 aliphatic heterocycles. The molecule has 3 aliphatic rings. The van der Waals surface area contributed by atoms with Gasteiger partial charge in [0.1, 0.15) is 5.82 Å². The van der Waals surface area contributed by atoms with Crippen molar-refractivity contribution >= 4 is 11.7 Å². The Morgan fingerprint density at radius 2 is 1.63 bits per heavy atom. The van der Waals surface area contributed by atoms with Crippen LogP contribution in [0.15, 0.2) is 18.3 Å². The normalized spacial score (nSPS) is 22.6. The summed E-state index contributed by atoms with van der Waals surface area (Å²) >= 11 is 0. The number of amides is 1. The van der Waals surface area contributed by atoms with Gasteiger partial charge in [-0.2, -0.15) is 13.2 Å². The molecule has 3 fully saturated rings. The zero-order valence-corrected chi connectivity index (χ0v) is 17.3. The SMILES string of the molecule is O=C(CN1CCN(c2ccc(C(F)(F)F)cn2)CC1)N1CCN(C2CCCC2)CC1. The Morgan fingerprint density at radius 3 is 2.20 bits per heavy atom. The summed E-state index contributed by atoms with van der Waals surface area (Å²) in [7, 11) is 0. The first-order valence-electron chi connectivity index (χ1n) is 10.9. The van der Waals surface area contributed by atoms with Crippen LogP contribution in [0.25, 0.3) is 0 Å². The van der Waals surface area contributed by atoms with E-state index in [1.54, 1.807) is 0 Å². The lowest BCUT2D eigenvalue weighted by Crippen LogP contribution is -2.55. The van der Waals surface area contributed by atoms with Gasteiger partial charge in [-0.25, -0.2) is 4.98 Å². The first-order chi connectivity index (χ1) is 14.4. The minimum atomic E-state index is -4.37. The molecule has 1 amide bonds. The molecule has 30 heavy (non-hydrogen) atoms. The lowest BCUT2D eigenvalue weighted by Gasteiger charge is -2.40. The quantitative estimate of drug-likeness (QED) is 0.741. The van der Waals surface area contributed by atoms with Crippen molar-refractivity contribution in [2.75, 3.05) is 63.8 Å². The number of carbonyl (C=O) groups is 1. The van der Waals surface area contributed by atoms with Crippen LogP contribution in [0.1, 0.15) is 31.2 Å². The largest absolute Gasteiger partial charge is 0.417 e. The molecule has 1 aromatic rings. The summed E-state index contributed by atoms with van der Waals surface area (Å²) in [5.41, 5.74) is -0.733. The molecule has 0 spiro atoms. The van der Waals surface area contributed by atoms with Gasteiger partial charge in [0.25, 0.3) is 0 Å². The molecule has 1 saturated carbocycles. The summed E-state index contributed by atoms with van der Waals surface area (Å²) in [5, 5.41) is 0. The third kappa shape index (κ3) is 5.06. The second kappa shape index (κ2) is 9.09. The molecule has 0 atom stereocenters. The van der Waals surface area contributed by atoms with Crippen molar-refractivity contribution in [1.82, 2.24) is 19.7 Å². The molecule has 0 bridgehead atoms. The molecular weight excluding hydrogens is 395 g/mol. The fourth-order valence-corrected chi connectivity index (χ4v) is 4.77. The van der Waals surface area contributed by atoms with Crippen molar-refractivity contribution in [2.24, 2.45) is 0 Å². The minimum Gasteiger partial charge on any atom is -0.354 e. The third-order valence-corrected chi connectivity index (χ3v) is 6.64. The lowest BCUT2D eigenvalue weighted by atomic mass is 10.2. The van der Waals surface area contributed by atoms with Crippen molar-refractivity contribution in [1.29, 1.82) is 0 Å². The number of hydrogen-bond acceptors (Lipinski definition) is 5. The van der Waals surface area contributed by atoms with E-state index in [4.69, 9.17) is 0 Å². The van der Waals surface area contributed by atoms with Crippen LogP contribution in [-0.2, 0) is 11.0 Å². The Morgan fingerprint density at radius 1 is 0.967 bits per heavy atom. The maximum atomic E-state index is 12.7. The van der Waals surface area contributed by atoms with Gasteiger partial charge in [-0.05, 0) is 25.0 Å². The first kappa shape index (κ1) is 21.4. The maximum absolute atomic E-state index is 12.7.